The summed E-state index contributed by atoms with van der Waals surface area (Å²) in [6, 6.07) is 0. The van der Waals surface area contributed by atoms with Gasteiger partial charge in [0, 0.05) is 12.3 Å². The van der Waals surface area contributed by atoms with Crippen molar-refractivity contribution in [2.45, 2.75) is 58.7 Å². The molecule has 4 atom stereocenters. The van der Waals surface area contributed by atoms with Gasteiger partial charge in [0.05, 0.1) is 6.61 Å². The molecule has 4 heteroatoms. The fraction of sp³-hybridized carbons (Fsp3) is 1.00. The number of rotatable bonds is 1. The molecule has 1 spiro atoms. The number of hydrogen-bond acceptors (Lipinski definition) is 4. The van der Waals surface area contributed by atoms with Gasteiger partial charge in [-0.3, -0.25) is 0 Å². The molecule has 3 rings (SSSR count). The van der Waals surface area contributed by atoms with Gasteiger partial charge in [0.15, 0.2) is 6.79 Å². The molecule has 2 aliphatic carbocycles. The molecule has 0 radical (unpaired) electrons. The molecule has 1 heterocycles. The maximum atomic E-state index is 9.98. The van der Waals surface area contributed by atoms with Gasteiger partial charge in [-0.2, -0.15) is 4.89 Å². The minimum absolute atomic E-state index is 0.000764. The van der Waals surface area contributed by atoms with E-state index >= 15 is 0 Å². The van der Waals surface area contributed by atoms with Crippen molar-refractivity contribution in [2.24, 2.45) is 22.7 Å². The Hall–Kier alpha value is -0.160. The molecule has 1 aliphatic heterocycles. The Balaban J connectivity index is 1.96. The lowest BCUT2D eigenvalue weighted by Crippen LogP contribution is -2.60. The second-order valence-corrected chi connectivity index (χ2v) is 7.45. The van der Waals surface area contributed by atoms with Gasteiger partial charge in [-0.15, -0.1) is 0 Å². The smallest absolute Gasteiger partial charge is 0.209 e. The van der Waals surface area contributed by atoms with Crippen molar-refractivity contribution < 1.29 is 19.6 Å². The van der Waals surface area contributed by atoms with Gasteiger partial charge in [0.1, 0.15) is 0 Å². The van der Waals surface area contributed by atoms with E-state index in [1.807, 2.05) is 0 Å². The highest BCUT2D eigenvalue weighted by atomic mass is 17.3. The number of aliphatic hydroxyl groups excluding tert-OH is 1. The third-order valence-corrected chi connectivity index (χ3v) is 6.12. The lowest BCUT2D eigenvalue weighted by Gasteiger charge is -2.60. The molecule has 4 nitrogen and oxygen atoms in total. The highest BCUT2D eigenvalue weighted by molar-refractivity contribution is 5.06. The zero-order valence-corrected chi connectivity index (χ0v) is 12.3. The molecular weight excluding hydrogens is 244 g/mol. The molecule has 2 saturated carbocycles. The molecule has 0 aromatic rings. The Morgan fingerprint density at radius 2 is 1.95 bits per heavy atom. The van der Waals surface area contributed by atoms with Crippen LogP contribution in [0.1, 0.15) is 52.9 Å². The Morgan fingerprint density at radius 3 is 2.58 bits per heavy atom. The Morgan fingerprint density at radius 1 is 1.16 bits per heavy atom. The molecule has 110 valence electrons. The van der Waals surface area contributed by atoms with Crippen LogP contribution in [0.15, 0.2) is 0 Å². The fourth-order valence-corrected chi connectivity index (χ4v) is 5.22. The van der Waals surface area contributed by atoms with Crippen molar-refractivity contribution in [3.05, 3.63) is 0 Å². The first-order valence-electron chi connectivity index (χ1n) is 7.50. The number of ether oxygens (including phenoxy) is 1. The minimum Gasteiger partial charge on any atom is -0.396 e. The molecule has 0 aromatic carbocycles. The van der Waals surface area contributed by atoms with Crippen LogP contribution >= 0.6 is 0 Å². The van der Waals surface area contributed by atoms with Crippen molar-refractivity contribution >= 4 is 0 Å². The maximum absolute atomic E-state index is 9.98. The minimum atomic E-state index is -0.715. The van der Waals surface area contributed by atoms with Crippen LogP contribution in [0.2, 0.25) is 0 Å². The summed E-state index contributed by atoms with van der Waals surface area (Å²) in [4.78, 5) is 10.5. The molecule has 1 unspecified atom stereocenters. The van der Waals surface area contributed by atoms with Crippen molar-refractivity contribution in [3.63, 3.8) is 0 Å². The summed E-state index contributed by atoms with van der Waals surface area (Å²) >= 11 is 0. The maximum Gasteiger partial charge on any atom is 0.209 e. The number of fused-ring (bicyclic) bond motifs is 1. The predicted octanol–water partition coefficient (Wildman–Crippen LogP) is 2.85. The largest absolute Gasteiger partial charge is 0.396 e. The van der Waals surface area contributed by atoms with E-state index in [0.717, 1.165) is 19.3 Å². The Bertz CT molecular complexity index is 348. The normalized spacial score (nSPS) is 49.3. The summed E-state index contributed by atoms with van der Waals surface area (Å²) in [6.07, 6.45) is 5.54. The first kappa shape index (κ1) is 13.8. The zero-order valence-electron chi connectivity index (χ0n) is 12.3. The molecule has 19 heavy (non-hydrogen) atoms. The van der Waals surface area contributed by atoms with Crippen LogP contribution < -0.4 is 0 Å². The highest BCUT2D eigenvalue weighted by Crippen LogP contribution is 2.63. The quantitative estimate of drug-likeness (QED) is 0.744. The molecule has 1 N–H and O–H groups in total. The van der Waals surface area contributed by atoms with E-state index in [2.05, 4.69) is 20.8 Å². The van der Waals surface area contributed by atoms with Gasteiger partial charge in [-0.1, -0.05) is 27.2 Å². The van der Waals surface area contributed by atoms with Gasteiger partial charge in [-0.05, 0) is 36.0 Å². The monoisotopic (exact) mass is 270 g/mol. The van der Waals surface area contributed by atoms with Gasteiger partial charge < -0.3 is 9.84 Å². The molecule has 0 aromatic heterocycles. The first-order valence-corrected chi connectivity index (χ1v) is 7.50. The van der Waals surface area contributed by atoms with Gasteiger partial charge in [0.25, 0.3) is 0 Å². The van der Waals surface area contributed by atoms with E-state index in [1.165, 1.54) is 12.8 Å². The van der Waals surface area contributed by atoms with E-state index in [0.29, 0.717) is 11.3 Å². The lowest BCUT2D eigenvalue weighted by atomic mass is 9.47. The van der Waals surface area contributed by atoms with Crippen molar-refractivity contribution in [2.75, 3.05) is 13.4 Å². The summed E-state index contributed by atoms with van der Waals surface area (Å²) in [5.41, 5.74) is 0.407. The Labute approximate surface area is 115 Å². The summed E-state index contributed by atoms with van der Waals surface area (Å²) in [6.45, 7) is 7.33. The second-order valence-electron chi connectivity index (χ2n) is 7.45. The van der Waals surface area contributed by atoms with Gasteiger partial charge >= 0.3 is 0 Å². The summed E-state index contributed by atoms with van der Waals surface area (Å²) in [5, 5.41) is 9.98. The first-order chi connectivity index (χ1) is 8.95. The molecule has 0 amide bonds. The third kappa shape index (κ3) is 1.88. The van der Waals surface area contributed by atoms with E-state index in [4.69, 9.17) is 14.5 Å². The Kier molecular flexibility index (Phi) is 3.21. The predicted molar refractivity (Wildman–Crippen MR) is 69.9 cm³/mol. The molecular formula is C15H26O4. The van der Waals surface area contributed by atoms with E-state index in [1.54, 1.807) is 0 Å². The van der Waals surface area contributed by atoms with Crippen molar-refractivity contribution in [1.82, 2.24) is 0 Å². The third-order valence-electron chi connectivity index (χ3n) is 6.12. The summed E-state index contributed by atoms with van der Waals surface area (Å²) in [7, 11) is 0. The van der Waals surface area contributed by atoms with E-state index in [9.17, 15) is 5.11 Å². The standard InChI is InChI=1S/C15H26O4/c1-13(2)6-4-7-14(3)11(13)5-8-15(12(14)9-16)17-10-18-19-15/h11-12,16H,4-10H2,1-3H3/t11-,12+,14-,15?/m0/s1. The van der Waals surface area contributed by atoms with Crippen LogP contribution in [0.3, 0.4) is 0 Å². The molecule has 1 saturated heterocycles. The highest BCUT2D eigenvalue weighted by Gasteiger charge is 2.62. The second kappa shape index (κ2) is 4.42. The number of hydrogen-bond donors (Lipinski definition) is 1. The molecule has 3 aliphatic rings. The lowest BCUT2D eigenvalue weighted by molar-refractivity contribution is -0.368. The van der Waals surface area contributed by atoms with Crippen molar-refractivity contribution in [3.8, 4) is 0 Å². The SMILES string of the molecule is CC1(C)CCC[C@@]2(C)[C@H]1CCC1(OCOO1)[C@@H]2CO. The van der Waals surface area contributed by atoms with Crippen LogP contribution in [0, 0.1) is 22.7 Å². The van der Waals surface area contributed by atoms with E-state index < -0.39 is 5.79 Å². The van der Waals surface area contributed by atoms with Gasteiger partial charge in [0.2, 0.25) is 5.79 Å². The molecule has 3 fully saturated rings. The number of aliphatic hydroxyl groups is 1. The zero-order chi connectivity index (χ0) is 13.7. The van der Waals surface area contributed by atoms with Crippen LogP contribution in [0.4, 0.5) is 0 Å². The van der Waals surface area contributed by atoms with Crippen LogP contribution in [0.25, 0.3) is 0 Å². The van der Waals surface area contributed by atoms with Gasteiger partial charge in [-0.25, -0.2) is 4.89 Å². The van der Waals surface area contributed by atoms with E-state index in [-0.39, 0.29) is 24.7 Å². The van der Waals surface area contributed by atoms with Crippen LogP contribution in [-0.2, 0) is 14.5 Å². The summed E-state index contributed by atoms with van der Waals surface area (Å²) in [5.74, 6) is -0.0990. The average Bonchev–Trinajstić information content (AvgIpc) is 2.77. The topological polar surface area (TPSA) is 47.9 Å². The van der Waals surface area contributed by atoms with Crippen LogP contribution in [0.5, 0.6) is 0 Å². The van der Waals surface area contributed by atoms with Crippen LogP contribution in [-0.4, -0.2) is 24.3 Å². The summed E-state index contributed by atoms with van der Waals surface area (Å²) < 4.78 is 5.76. The fourth-order valence-electron chi connectivity index (χ4n) is 5.22. The van der Waals surface area contributed by atoms with Crippen molar-refractivity contribution in [1.29, 1.82) is 0 Å². The average molecular weight is 270 g/mol. The molecule has 0 bridgehead atoms.